The van der Waals surface area contributed by atoms with Crippen LogP contribution in [0.2, 0.25) is 0 Å². The van der Waals surface area contributed by atoms with Gasteiger partial charge in [-0.2, -0.15) is 0 Å². The number of hydrogen-bond donors (Lipinski definition) is 1. The summed E-state index contributed by atoms with van der Waals surface area (Å²) >= 11 is 0. The van der Waals surface area contributed by atoms with Crippen molar-refractivity contribution in [1.29, 1.82) is 0 Å². The van der Waals surface area contributed by atoms with E-state index in [1.807, 2.05) is 0 Å². The van der Waals surface area contributed by atoms with E-state index in [0.29, 0.717) is 12.5 Å². The molecular weight excluding hydrogens is 268 g/mol. The Kier molecular flexibility index (Phi) is 5.12. The van der Waals surface area contributed by atoms with E-state index in [0.717, 1.165) is 6.42 Å². The summed E-state index contributed by atoms with van der Waals surface area (Å²) in [7, 11) is 0. The Balaban J connectivity index is 1.67. The van der Waals surface area contributed by atoms with Gasteiger partial charge in [0.25, 0.3) is 0 Å². The maximum absolute atomic E-state index is 5.99. The number of nitrogens with two attached hydrogens (primary N) is 1. The number of piperidine rings is 1. The van der Waals surface area contributed by atoms with Gasteiger partial charge < -0.3 is 10.6 Å². The fraction of sp³-hybridized carbons (Fsp3) is 0.400. The van der Waals surface area contributed by atoms with Crippen LogP contribution in [0.25, 0.3) is 0 Å². The first-order valence-electron chi connectivity index (χ1n) is 8.46. The summed E-state index contributed by atoms with van der Waals surface area (Å²) < 4.78 is 0. The van der Waals surface area contributed by atoms with E-state index in [-0.39, 0.29) is 0 Å². The predicted molar refractivity (Wildman–Crippen MR) is 94.4 cm³/mol. The molecule has 0 radical (unpaired) electrons. The van der Waals surface area contributed by atoms with Crippen LogP contribution in [0, 0.1) is 0 Å². The first-order chi connectivity index (χ1) is 10.9. The van der Waals surface area contributed by atoms with E-state index < -0.39 is 0 Å². The topological polar surface area (TPSA) is 29.3 Å². The third-order valence-corrected chi connectivity index (χ3v) is 4.70. The standard InChI is InChI=1S/C20H26N2/c21-16-19(18-7-3-1-4-8-18)15-17-9-11-20(12-10-17)22-13-5-2-6-14-22/h1,3-4,7-12,19H,2,5-6,13-16,21H2. The van der Waals surface area contributed by atoms with Crippen molar-refractivity contribution in [3.05, 3.63) is 65.7 Å². The van der Waals surface area contributed by atoms with Crippen LogP contribution in [0.3, 0.4) is 0 Å². The molecule has 22 heavy (non-hydrogen) atoms. The van der Waals surface area contributed by atoms with E-state index in [4.69, 9.17) is 5.73 Å². The third kappa shape index (κ3) is 3.69. The van der Waals surface area contributed by atoms with Crippen molar-refractivity contribution in [2.24, 2.45) is 5.73 Å². The quantitative estimate of drug-likeness (QED) is 0.904. The van der Waals surface area contributed by atoms with E-state index in [2.05, 4.69) is 59.5 Å². The molecule has 1 saturated heterocycles. The summed E-state index contributed by atoms with van der Waals surface area (Å²) in [6.45, 7) is 3.10. The van der Waals surface area contributed by atoms with Gasteiger partial charge in [-0.3, -0.25) is 0 Å². The molecule has 116 valence electrons. The van der Waals surface area contributed by atoms with Crippen molar-refractivity contribution in [1.82, 2.24) is 0 Å². The van der Waals surface area contributed by atoms with Crippen molar-refractivity contribution >= 4 is 5.69 Å². The van der Waals surface area contributed by atoms with Crippen LogP contribution < -0.4 is 10.6 Å². The molecule has 0 aliphatic carbocycles. The van der Waals surface area contributed by atoms with Crippen molar-refractivity contribution in [2.75, 3.05) is 24.5 Å². The van der Waals surface area contributed by atoms with E-state index in [1.54, 1.807) is 0 Å². The molecule has 0 saturated carbocycles. The Morgan fingerprint density at radius 3 is 2.18 bits per heavy atom. The minimum Gasteiger partial charge on any atom is -0.372 e. The zero-order chi connectivity index (χ0) is 15.2. The Bertz CT molecular complexity index is 556. The fourth-order valence-electron chi connectivity index (χ4n) is 3.34. The van der Waals surface area contributed by atoms with Crippen molar-refractivity contribution in [2.45, 2.75) is 31.6 Å². The van der Waals surface area contributed by atoms with Crippen LogP contribution in [0.5, 0.6) is 0 Å². The first kappa shape index (κ1) is 15.1. The average Bonchev–Trinajstić information content (AvgIpc) is 2.62. The highest BCUT2D eigenvalue weighted by atomic mass is 15.1. The van der Waals surface area contributed by atoms with Crippen molar-refractivity contribution < 1.29 is 0 Å². The van der Waals surface area contributed by atoms with Gasteiger partial charge >= 0.3 is 0 Å². The Hall–Kier alpha value is -1.80. The van der Waals surface area contributed by atoms with Crippen LogP contribution in [-0.2, 0) is 6.42 Å². The highest BCUT2D eigenvalue weighted by Crippen LogP contribution is 2.23. The molecule has 2 aromatic rings. The van der Waals surface area contributed by atoms with E-state index in [1.165, 1.54) is 49.2 Å². The molecule has 1 heterocycles. The summed E-state index contributed by atoms with van der Waals surface area (Å²) in [6.07, 6.45) is 5.04. The first-order valence-corrected chi connectivity index (χ1v) is 8.46. The maximum atomic E-state index is 5.99. The molecule has 0 spiro atoms. The molecule has 2 heteroatoms. The Morgan fingerprint density at radius 1 is 0.864 bits per heavy atom. The second-order valence-corrected chi connectivity index (χ2v) is 6.26. The monoisotopic (exact) mass is 294 g/mol. The second kappa shape index (κ2) is 7.46. The van der Waals surface area contributed by atoms with E-state index >= 15 is 0 Å². The van der Waals surface area contributed by atoms with Gasteiger partial charge in [-0.15, -0.1) is 0 Å². The molecule has 1 atom stereocenters. The number of hydrogen-bond acceptors (Lipinski definition) is 2. The summed E-state index contributed by atoms with van der Waals surface area (Å²) in [5, 5.41) is 0. The van der Waals surface area contributed by atoms with Crippen LogP contribution in [0.1, 0.15) is 36.3 Å². The molecule has 0 amide bonds. The lowest BCUT2D eigenvalue weighted by molar-refractivity contribution is 0.578. The summed E-state index contributed by atoms with van der Waals surface area (Å²) in [6, 6.07) is 19.7. The van der Waals surface area contributed by atoms with Gasteiger partial charge in [0.2, 0.25) is 0 Å². The van der Waals surface area contributed by atoms with Crippen LogP contribution in [-0.4, -0.2) is 19.6 Å². The van der Waals surface area contributed by atoms with Gasteiger partial charge in [-0.25, -0.2) is 0 Å². The smallest absolute Gasteiger partial charge is 0.0366 e. The molecule has 1 unspecified atom stereocenters. The largest absolute Gasteiger partial charge is 0.372 e. The molecule has 0 aromatic heterocycles. The highest BCUT2D eigenvalue weighted by molar-refractivity contribution is 5.48. The van der Waals surface area contributed by atoms with Gasteiger partial charge in [0.05, 0.1) is 0 Å². The van der Waals surface area contributed by atoms with Gasteiger partial charge in [0.1, 0.15) is 0 Å². The normalized spacial score (nSPS) is 16.5. The number of benzene rings is 2. The zero-order valence-corrected chi connectivity index (χ0v) is 13.2. The average molecular weight is 294 g/mol. The lowest BCUT2D eigenvalue weighted by atomic mass is 9.92. The minimum atomic E-state index is 0.405. The van der Waals surface area contributed by atoms with Crippen molar-refractivity contribution in [3.63, 3.8) is 0 Å². The lowest BCUT2D eigenvalue weighted by Gasteiger charge is -2.29. The molecule has 1 fully saturated rings. The highest BCUT2D eigenvalue weighted by Gasteiger charge is 2.12. The summed E-state index contributed by atoms with van der Waals surface area (Å²) in [5.74, 6) is 0.405. The second-order valence-electron chi connectivity index (χ2n) is 6.26. The van der Waals surface area contributed by atoms with Gasteiger partial charge in [0, 0.05) is 24.7 Å². The number of rotatable bonds is 5. The van der Waals surface area contributed by atoms with Crippen LogP contribution >= 0.6 is 0 Å². The molecule has 0 bridgehead atoms. The Labute approximate surface area is 134 Å². The molecule has 3 rings (SSSR count). The minimum absolute atomic E-state index is 0.405. The number of nitrogens with zero attached hydrogens (tertiary/aromatic N) is 1. The molecular formula is C20H26N2. The molecule has 1 aliphatic rings. The SMILES string of the molecule is NCC(Cc1ccc(N2CCCCC2)cc1)c1ccccc1. The lowest BCUT2D eigenvalue weighted by Crippen LogP contribution is -2.29. The van der Waals surface area contributed by atoms with Gasteiger partial charge in [-0.1, -0.05) is 42.5 Å². The van der Waals surface area contributed by atoms with Gasteiger partial charge in [-0.05, 0) is 55.5 Å². The fourth-order valence-corrected chi connectivity index (χ4v) is 3.34. The van der Waals surface area contributed by atoms with Crippen molar-refractivity contribution in [3.8, 4) is 0 Å². The molecule has 2 N–H and O–H groups in total. The molecule has 2 aromatic carbocycles. The molecule has 1 aliphatic heterocycles. The van der Waals surface area contributed by atoms with Crippen LogP contribution in [0.4, 0.5) is 5.69 Å². The van der Waals surface area contributed by atoms with Crippen LogP contribution in [0.15, 0.2) is 54.6 Å². The summed E-state index contributed by atoms with van der Waals surface area (Å²) in [5.41, 5.74) is 10.1. The van der Waals surface area contributed by atoms with Gasteiger partial charge in [0.15, 0.2) is 0 Å². The zero-order valence-electron chi connectivity index (χ0n) is 13.2. The Morgan fingerprint density at radius 2 is 1.55 bits per heavy atom. The number of anilines is 1. The predicted octanol–water partition coefficient (Wildman–Crippen LogP) is 3.96. The van der Waals surface area contributed by atoms with E-state index in [9.17, 15) is 0 Å². The summed E-state index contributed by atoms with van der Waals surface area (Å²) in [4.78, 5) is 2.50. The maximum Gasteiger partial charge on any atom is 0.0366 e. The molecule has 2 nitrogen and oxygen atoms in total. The third-order valence-electron chi connectivity index (χ3n) is 4.70.